The van der Waals surface area contributed by atoms with Crippen LogP contribution in [0.2, 0.25) is 0 Å². The molecule has 2 rings (SSSR count). The molecule has 3 unspecified atom stereocenters. The number of aliphatic hydroxyl groups is 1. The van der Waals surface area contributed by atoms with E-state index in [1.54, 1.807) is 0 Å². The number of piperidine rings is 1. The topological polar surface area (TPSA) is 49.8 Å². The summed E-state index contributed by atoms with van der Waals surface area (Å²) in [7, 11) is 0. The van der Waals surface area contributed by atoms with Crippen LogP contribution in [-0.2, 0) is 4.74 Å². The van der Waals surface area contributed by atoms with Crippen molar-refractivity contribution in [3.63, 3.8) is 0 Å². The molecule has 1 amide bonds. The van der Waals surface area contributed by atoms with Crippen molar-refractivity contribution in [2.75, 3.05) is 0 Å². The molecule has 1 N–H and O–H groups in total. The Bertz CT molecular complexity index is 606. The Morgan fingerprint density at radius 1 is 1.28 bits per heavy atom. The van der Waals surface area contributed by atoms with Crippen LogP contribution in [0.15, 0.2) is 18.2 Å². The zero-order valence-electron chi connectivity index (χ0n) is 16.5. The monoisotopic (exact) mass is 347 g/mol. The number of aliphatic hydroxyl groups excluding tert-OH is 1. The van der Waals surface area contributed by atoms with Crippen molar-refractivity contribution in [3.8, 4) is 0 Å². The molecular formula is C21H33NO3. The van der Waals surface area contributed by atoms with E-state index in [0.717, 1.165) is 24.8 Å². The van der Waals surface area contributed by atoms with Crippen LogP contribution in [0.3, 0.4) is 0 Å². The third kappa shape index (κ3) is 5.21. The lowest BCUT2D eigenvalue weighted by molar-refractivity contribution is -0.0112. The molecule has 0 aliphatic carbocycles. The third-order valence-corrected chi connectivity index (χ3v) is 5.04. The zero-order chi connectivity index (χ0) is 18.8. The number of hydrogen-bond acceptors (Lipinski definition) is 3. The van der Waals surface area contributed by atoms with Gasteiger partial charge in [0.25, 0.3) is 0 Å². The fraction of sp³-hybridized carbons (Fsp3) is 0.667. The molecule has 4 nitrogen and oxygen atoms in total. The molecule has 0 aromatic heterocycles. The van der Waals surface area contributed by atoms with Crippen LogP contribution in [0.25, 0.3) is 0 Å². The van der Waals surface area contributed by atoms with E-state index in [9.17, 15) is 9.90 Å². The van der Waals surface area contributed by atoms with Gasteiger partial charge in [0.2, 0.25) is 0 Å². The van der Waals surface area contributed by atoms with E-state index in [1.165, 1.54) is 11.1 Å². The lowest BCUT2D eigenvalue weighted by atomic mass is 9.90. The Kier molecular flexibility index (Phi) is 6.15. The van der Waals surface area contributed by atoms with Crippen LogP contribution in [0.1, 0.15) is 76.2 Å². The van der Waals surface area contributed by atoms with Crippen LogP contribution in [0.5, 0.6) is 0 Å². The summed E-state index contributed by atoms with van der Waals surface area (Å²) in [5.74, 6) is 0. The zero-order valence-corrected chi connectivity index (χ0v) is 16.5. The molecule has 0 saturated carbocycles. The van der Waals surface area contributed by atoms with Crippen LogP contribution in [0.4, 0.5) is 4.79 Å². The number of benzene rings is 1. The standard InChI is InChI=1S/C21H33NO3/c1-14-10-11-17(12-15(14)2)19(23)13-18-9-7-8-16(3)22(18)20(24)25-21(4,5)6/h10-12,16,18-19,23H,7-9,13H2,1-6H3. The Morgan fingerprint density at radius 3 is 2.56 bits per heavy atom. The minimum Gasteiger partial charge on any atom is -0.444 e. The number of amides is 1. The Hall–Kier alpha value is -1.55. The van der Waals surface area contributed by atoms with Gasteiger partial charge in [0, 0.05) is 12.1 Å². The lowest BCUT2D eigenvalue weighted by Gasteiger charge is -2.42. The highest BCUT2D eigenvalue weighted by atomic mass is 16.6. The van der Waals surface area contributed by atoms with E-state index in [0.29, 0.717) is 6.42 Å². The maximum absolute atomic E-state index is 12.7. The maximum atomic E-state index is 12.7. The number of hydrogen-bond donors (Lipinski definition) is 1. The van der Waals surface area contributed by atoms with Crippen molar-refractivity contribution >= 4 is 6.09 Å². The molecule has 1 aromatic carbocycles. The van der Waals surface area contributed by atoms with Gasteiger partial charge in [0.1, 0.15) is 5.60 Å². The second kappa shape index (κ2) is 7.77. The van der Waals surface area contributed by atoms with E-state index in [-0.39, 0.29) is 18.2 Å². The number of carbonyl (C=O) groups is 1. The quantitative estimate of drug-likeness (QED) is 0.845. The SMILES string of the molecule is Cc1ccc(C(O)CC2CCCC(C)N2C(=O)OC(C)(C)C)cc1C. The minimum absolute atomic E-state index is 0.00945. The molecule has 1 heterocycles. The fourth-order valence-corrected chi connectivity index (χ4v) is 3.53. The highest BCUT2D eigenvalue weighted by Gasteiger charge is 2.35. The number of rotatable bonds is 3. The van der Waals surface area contributed by atoms with Gasteiger partial charge in [-0.25, -0.2) is 4.79 Å². The first kappa shape index (κ1) is 19.8. The number of nitrogens with zero attached hydrogens (tertiary/aromatic N) is 1. The van der Waals surface area contributed by atoms with Crippen molar-refractivity contribution in [2.24, 2.45) is 0 Å². The maximum Gasteiger partial charge on any atom is 0.410 e. The van der Waals surface area contributed by atoms with Gasteiger partial charge in [0.05, 0.1) is 6.10 Å². The fourth-order valence-electron chi connectivity index (χ4n) is 3.53. The summed E-state index contributed by atoms with van der Waals surface area (Å²) in [5.41, 5.74) is 2.81. The van der Waals surface area contributed by atoms with Gasteiger partial charge in [-0.3, -0.25) is 0 Å². The van der Waals surface area contributed by atoms with Gasteiger partial charge in [-0.2, -0.15) is 0 Å². The van der Waals surface area contributed by atoms with Crippen molar-refractivity contribution in [1.29, 1.82) is 0 Å². The first-order valence-electron chi connectivity index (χ1n) is 9.35. The van der Waals surface area contributed by atoms with Crippen molar-refractivity contribution in [3.05, 3.63) is 34.9 Å². The Balaban J connectivity index is 2.13. The summed E-state index contributed by atoms with van der Waals surface area (Å²) < 4.78 is 5.61. The average molecular weight is 347 g/mol. The largest absolute Gasteiger partial charge is 0.444 e. The second-order valence-corrected chi connectivity index (χ2v) is 8.42. The number of ether oxygens (including phenoxy) is 1. The second-order valence-electron chi connectivity index (χ2n) is 8.42. The number of likely N-dealkylation sites (tertiary alicyclic amines) is 1. The Labute approximate surface area is 152 Å². The first-order valence-corrected chi connectivity index (χ1v) is 9.35. The predicted molar refractivity (Wildman–Crippen MR) is 101 cm³/mol. The van der Waals surface area contributed by atoms with Gasteiger partial charge in [-0.05, 0) is 83.9 Å². The summed E-state index contributed by atoms with van der Waals surface area (Å²) in [6.07, 6.45) is 2.68. The van der Waals surface area contributed by atoms with Crippen molar-refractivity contribution in [1.82, 2.24) is 4.90 Å². The molecule has 1 saturated heterocycles. The summed E-state index contributed by atoms with van der Waals surface area (Å²) in [6.45, 7) is 11.9. The molecule has 0 spiro atoms. The van der Waals surface area contributed by atoms with E-state index in [4.69, 9.17) is 4.74 Å². The van der Waals surface area contributed by atoms with Crippen LogP contribution in [-0.4, -0.2) is 33.8 Å². The van der Waals surface area contributed by atoms with Gasteiger partial charge < -0.3 is 14.7 Å². The average Bonchev–Trinajstić information content (AvgIpc) is 2.48. The molecule has 1 aliphatic heterocycles. The van der Waals surface area contributed by atoms with Crippen LogP contribution < -0.4 is 0 Å². The molecule has 0 bridgehead atoms. The molecule has 0 radical (unpaired) electrons. The van der Waals surface area contributed by atoms with E-state index in [1.807, 2.05) is 43.9 Å². The highest BCUT2D eigenvalue weighted by Crippen LogP contribution is 2.31. The molecule has 25 heavy (non-hydrogen) atoms. The van der Waals surface area contributed by atoms with E-state index >= 15 is 0 Å². The highest BCUT2D eigenvalue weighted by molar-refractivity contribution is 5.69. The first-order chi connectivity index (χ1) is 11.6. The normalized spacial score (nSPS) is 22.6. The van der Waals surface area contributed by atoms with E-state index < -0.39 is 11.7 Å². The van der Waals surface area contributed by atoms with Crippen molar-refractivity contribution in [2.45, 2.75) is 91.0 Å². The lowest BCUT2D eigenvalue weighted by Crippen LogP contribution is -2.51. The van der Waals surface area contributed by atoms with Gasteiger partial charge in [-0.1, -0.05) is 18.2 Å². The van der Waals surface area contributed by atoms with E-state index in [2.05, 4.69) is 20.8 Å². The minimum atomic E-state index is -0.570. The smallest absolute Gasteiger partial charge is 0.410 e. The molecule has 1 fully saturated rings. The molecular weight excluding hydrogens is 314 g/mol. The summed E-state index contributed by atoms with van der Waals surface area (Å²) in [5, 5.41) is 10.7. The van der Waals surface area contributed by atoms with Crippen molar-refractivity contribution < 1.29 is 14.6 Å². The third-order valence-electron chi connectivity index (χ3n) is 5.04. The molecule has 4 heteroatoms. The molecule has 140 valence electrons. The predicted octanol–water partition coefficient (Wildman–Crippen LogP) is 4.91. The van der Waals surface area contributed by atoms with Crippen LogP contribution in [0, 0.1) is 13.8 Å². The summed E-state index contributed by atoms with van der Waals surface area (Å²) in [6, 6.07) is 6.22. The summed E-state index contributed by atoms with van der Waals surface area (Å²) in [4.78, 5) is 14.5. The van der Waals surface area contributed by atoms with Gasteiger partial charge in [-0.15, -0.1) is 0 Å². The Morgan fingerprint density at radius 2 is 1.96 bits per heavy atom. The molecule has 1 aromatic rings. The van der Waals surface area contributed by atoms with Crippen LogP contribution >= 0.6 is 0 Å². The number of carbonyl (C=O) groups excluding carboxylic acids is 1. The van der Waals surface area contributed by atoms with Gasteiger partial charge >= 0.3 is 6.09 Å². The summed E-state index contributed by atoms with van der Waals surface area (Å²) >= 11 is 0. The number of aryl methyl sites for hydroxylation is 2. The molecule has 1 aliphatic rings. The van der Waals surface area contributed by atoms with Gasteiger partial charge in [0.15, 0.2) is 0 Å². The molecule has 3 atom stereocenters.